The summed E-state index contributed by atoms with van der Waals surface area (Å²) in [5, 5.41) is 3.08. The van der Waals surface area contributed by atoms with Crippen LogP contribution in [0, 0.1) is 5.92 Å². The average Bonchev–Trinajstić information content (AvgIpc) is 2.70. The Kier molecular flexibility index (Phi) is 7.10. The number of amides is 1. The molecule has 0 bridgehead atoms. The number of halogens is 1. The van der Waals surface area contributed by atoms with Gasteiger partial charge in [0.2, 0.25) is 5.91 Å². The lowest BCUT2D eigenvalue weighted by Gasteiger charge is -2.28. The monoisotopic (exact) mass is 262 g/mol. The van der Waals surface area contributed by atoms with Gasteiger partial charge in [0, 0.05) is 6.04 Å². The van der Waals surface area contributed by atoms with Crippen molar-refractivity contribution < 1.29 is 4.79 Å². The summed E-state index contributed by atoms with van der Waals surface area (Å²) in [6.45, 7) is 5.99. The average molecular weight is 263 g/mol. The molecule has 1 aliphatic rings. The summed E-state index contributed by atoms with van der Waals surface area (Å²) < 4.78 is 0. The SMILES string of the molecule is CCCC(C)(N)C(=O)NC(C)C1CCCC1.Cl. The lowest BCUT2D eigenvalue weighted by molar-refractivity contribution is -0.127. The van der Waals surface area contributed by atoms with Crippen molar-refractivity contribution in [1.82, 2.24) is 5.32 Å². The van der Waals surface area contributed by atoms with Crippen molar-refractivity contribution in [1.29, 1.82) is 0 Å². The first-order chi connectivity index (χ1) is 7.47. The number of nitrogens with two attached hydrogens (primary N) is 1. The van der Waals surface area contributed by atoms with E-state index in [1.807, 2.05) is 6.92 Å². The van der Waals surface area contributed by atoms with Crippen LogP contribution in [0.5, 0.6) is 0 Å². The number of carbonyl (C=O) groups is 1. The molecule has 0 heterocycles. The molecule has 4 heteroatoms. The maximum Gasteiger partial charge on any atom is 0.240 e. The van der Waals surface area contributed by atoms with Crippen molar-refractivity contribution >= 4 is 18.3 Å². The maximum atomic E-state index is 12.0. The van der Waals surface area contributed by atoms with E-state index in [1.165, 1.54) is 25.7 Å². The van der Waals surface area contributed by atoms with Gasteiger partial charge in [0.1, 0.15) is 0 Å². The van der Waals surface area contributed by atoms with E-state index in [0.717, 1.165) is 12.8 Å². The third-order valence-electron chi connectivity index (χ3n) is 3.75. The highest BCUT2D eigenvalue weighted by atomic mass is 35.5. The molecular formula is C13H27ClN2O. The normalized spacial score (nSPS) is 21.4. The Morgan fingerprint density at radius 1 is 1.47 bits per heavy atom. The van der Waals surface area contributed by atoms with E-state index in [-0.39, 0.29) is 24.4 Å². The fraction of sp³-hybridized carbons (Fsp3) is 0.923. The van der Waals surface area contributed by atoms with Crippen molar-refractivity contribution in [2.75, 3.05) is 0 Å². The van der Waals surface area contributed by atoms with Gasteiger partial charge in [-0.25, -0.2) is 0 Å². The first kappa shape index (κ1) is 16.7. The van der Waals surface area contributed by atoms with Gasteiger partial charge in [0.05, 0.1) is 5.54 Å². The topological polar surface area (TPSA) is 55.1 Å². The van der Waals surface area contributed by atoms with Crippen LogP contribution >= 0.6 is 12.4 Å². The highest BCUT2D eigenvalue weighted by molar-refractivity contribution is 5.86. The molecule has 0 aliphatic heterocycles. The van der Waals surface area contributed by atoms with Crippen LogP contribution in [-0.2, 0) is 4.79 Å². The molecule has 1 fully saturated rings. The Balaban J connectivity index is 0.00000256. The molecule has 3 nitrogen and oxygen atoms in total. The summed E-state index contributed by atoms with van der Waals surface area (Å²) in [6.07, 6.45) is 6.79. The standard InChI is InChI=1S/C13H26N2O.ClH/c1-4-9-13(3,14)12(16)15-10(2)11-7-5-6-8-11;/h10-11H,4-9,14H2,1-3H3,(H,15,16);1H. The molecule has 2 atom stereocenters. The highest BCUT2D eigenvalue weighted by Gasteiger charge is 2.30. The van der Waals surface area contributed by atoms with E-state index in [1.54, 1.807) is 0 Å². The summed E-state index contributed by atoms with van der Waals surface area (Å²) in [5.41, 5.74) is 5.30. The third-order valence-corrected chi connectivity index (χ3v) is 3.75. The van der Waals surface area contributed by atoms with Crippen LogP contribution < -0.4 is 11.1 Å². The molecule has 0 spiro atoms. The van der Waals surface area contributed by atoms with Gasteiger partial charge < -0.3 is 11.1 Å². The molecule has 0 radical (unpaired) electrons. The van der Waals surface area contributed by atoms with Crippen LogP contribution in [0.4, 0.5) is 0 Å². The largest absolute Gasteiger partial charge is 0.352 e. The fourth-order valence-corrected chi connectivity index (χ4v) is 2.58. The van der Waals surface area contributed by atoms with Gasteiger partial charge in [-0.05, 0) is 39.0 Å². The van der Waals surface area contributed by atoms with Crippen LogP contribution in [0.2, 0.25) is 0 Å². The van der Waals surface area contributed by atoms with E-state index in [0.29, 0.717) is 5.92 Å². The van der Waals surface area contributed by atoms with E-state index < -0.39 is 5.54 Å². The fourth-order valence-electron chi connectivity index (χ4n) is 2.58. The minimum absolute atomic E-state index is 0. The van der Waals surface area contributed by atoms with Gasteiger partial charge in [-0.3, -0.25) is 4.79 Å². The molecule has 1 aliphatic carbocycles. The number of rotatable bonds is 5. The minimum Gasteiger partial charge on any atom is -0.352 e. The van der Waals surface area contributed by atoms with Gasteiger partial charge >= 0.3 is 0 Å². The van der Waals surface area contributed by atoms with Crippen molar-refractivity contribution in [2.24, 2.45) is 11.7 Å². The van der Waals surface area contributed by atoms with E-state index >= 15 is 0 Å². The quantitative estimate of drug-likeness (QED) is 0.800. The van der Waals surface area contributed by atoms with Crippen LogP contribution in [0.15, 0.2) is 0 Å². The lowest BCUT2D eigenvalue weighted by atomic mass is 9.94. The van der Waals surface area contributed by atoms with Crippen LogP contribution in [-0.4, -0.2) is 17.5 Å². The van der Waals surface area contributed by atoms with E-state index in [2.05, 4.69) is 19.2 Å². The maximum absolute atomic E-state index is 12.0. The predicted molar refractivity (Wildman–Crippen MR) is 74.3 cm³/mol. The molecule has 2 unspecified atom stereocenters. The molecule has 102 valence electrons. The molecule has 0 saturated heterocycles. The number of hydrogen-bond donors (Lipinski definition) is 2. The van der Waals surface area contributed by atoms with Crippen LogP contribution in [0.1, 0.15) is 59.3 Å². The predicted octanol–water partition coefficient (Wildman–Crippen LogP) is 2.62. The Morgan fingerprint density at radius 2 is 2.00 bits per heavy atom. The smallest absolute Gasteiger partial charge is 0.240 e. The molecule has 17 heavy (non-hydrogen) atoms. The summed E-state index contributed by atoms with van der Waals surface area (Å²) in [4.78, 5) is 12.0. The number of nitrogens with one attached hydrogen (secondary N) is 1. The molecule has 3 N–H and O–H groups in total. The summed E-state index contributed by atoms with van der Waals surface area (Å²) in [6, 6.07) is 0.273. The second-order valence-corrected chi connectivity index (χ2v) is 5.47. The molecule has 0 aromatic heterocycles. The van der Waals surface area contributed by atoms with Crippen molar-refractivity contribution in [3.8, 4) is 0 Å². The van der Waals surface area contributed by atoms with Gasteiger partial charge in [0.15, 0.2) is 0 Å². The van der Waals surface area contributed by atoms with E-state index in [9.17, 15) is 4.79 Å². The molecule has 0 aromatic rings. The first-order valence-corrected chi connectivity index (χ1v) is 6.57. The zero-order valence-electron chi connectivity index (χ0n) is 11.3. The molecule has 0 aromatic carbocycles. The second kappa shape index (κ2) is 7.22. The highest BCUT2D eigenvalue weighted by Crippen LogP contribution is 2.27. The minimum atomic E-state index is -0.707. The first-order valence-electron chi connectivity index (χ1n) is 6.57. The number of hydrogen-bond acceptors (Lipinski definition) is 2. The lowest BCUT2D eigenvalue weighted by Crippen LogP contribution is -2.54. The summed E-state index contributed by atoms with van der Waals surface area (Å²) >= 11 is 0. The third kappa shape index (κ3) is 4.84. The second-order valence-electron chi connectivity index (χ2n) is 5.47. The van der Waals surface area contributed by atoms with E-state index in [4.69, 9.17) is 5.73 Å². The molecular weight excluding hydrogens is 236 g/mol. The molecule has 1 rings (SSSR count). The van der Waals surface area contributed by atoms with Crippen molar-refractivity contribution in [3.05, 3.63) is 0 Å². The van der Waals surface area contributed by atoms with Crippen molar-refractivity contribution in [3.63, 3.8) is 0 Å². The number of carbonyl (C=O) groups excluding carboxylic acids is 1. The van der Waals surface area contributed by atoms with Crippen molar-refractivity contribution in [2.45, 2.75) is 70.9 Å². The Bertz CT molecular complexity index is 238. The zero-order chi connectivity index (χ0) is 12.2. The molecule has 1 saturated carbocycles. The van der Waals surface area contributed by atoms with Crippen LogP contribution in [0.3, 0.4) is 0 Å². The van der Waals surface area contributed by atoms with Gasteiger partial charge in [-0.1, -0.05) is 26.2 Å². The Labute approximate surface area is 111 Å². The zero-order valence-corrected chi connectivity index (χ0v) is 12.1. The summed E-state index contributed by atoms with van der Waals surface area (Å²) in [7, 11) is 0. The van der Waals surface area contributed by atoms with Gasteiger partial charge in [-0.2, -0.15) is 0 Å². The van der Waals surface area contributed by atoms with Gasteiger partial charge in [-0.15, -0.1) is 12.4 Å². The summed E-state index contributed by atoms with van der Waals surface area (Å²) in [5.74, 6) is 0.662. The Hall–Kier alpha value is -0.280. The van der Waals surface area contributed by atoms with Crippen LogP contribution in [0.25, 0.3) is 0 Å². The molecule has 1 amide bonds. The Morgan fingerprint density at radius 3 is 2.47 bits per heavy atom. The van der Waals surface area contributed by atoms with Gasteiger partial charge in [0.25, 0.3) is 0 Å².